The predicted octanol–water partition coefficient (Wildman–Crippen LogP) is 2.52. The van der Waals surface area contributed by atoms with E-state index in [4.69, 9.17) is 5.11 Å². The molecule has 6 heteroatoms. The largest absolute Gasteiger partial charge is 0.400 e. The van der Waals surface area contributed by atoms with Crippen LogP contribution in [0.3, 0.4) is 0 Å². The fourth-order valence-electron chi connectivity index (χ4n) is 1.72. The summed E-state index contributed by atoms with van der Waals surface area (Å²) in [5.74, 6) is -0.296. The minimum absolute atomic E-state index is 0.148. The van der Waals surface area contributed by atoms with E-state index in [9.17, 15) is 19.5 Å². The Morgan fingerprint density at radius 2 is 1.58 bits per heavy atom. The SMILES string of the molecule is CC.CC/C=C/CCC(O)(CC)CC=O.CO.O=C1CCC(=O)N1. The van der Waals surface area contributed by atoms with Crippen LogP contribution in [0.25, 0.3) is 0 Å². The van der Waals surface area contributed by atoms with Gasteiger partial charge in [0.1, 0.15) is 6.29 Å². The van der Waals surface area contributed by atoms with E-state index in [0.717, 1.165) is 26.2 Å². The summed E-state index contributed by atoms with van der Waals surface area (Å²) in [5, 5.41) is 19.0. The van der Waals surface area contributed by atoms with Gasteiger partial charge in [0.15, 0.2) is 0 Å². The standard InChI is InChI=1S/C11H20O2.C4H5NO2.C2H6.CH4O/c1-3-5-6-7-8-11(13,4-2)9-10-12;6-3-1-2-4(7)5-3;2*1-2/h5-6,10,13H,3-4,7-9H2,1-2H3;1-2H2,(H,5,6,7);1-2H3;2H,1H3/b6-5+;;;. The van der Waals surface area contributed by atoms with E-state index in [1.165, 1.54) is 0 Å². The Morgan fingerprint density at radius 3 is 1.88 bits per heavy atom. The molecule has 1 saturated heterocycles. The van der Waals surface area contributed by atoms with Crippen LogP contribution in [0.5, 0.6) is 0 Å². The van der Waals surface area contributed by atoms with E-state index in [1.54, 1.807) is 0 Å². The molecule has 0 saturated carbocycles. The average Bonchev–Trinajstić information content (AvgIpc) is 2.99. The summed E-state index contributed by atoms with van der Waals surface area (Å²) in [6.45, 7) is 7.99. The van der Waals surface area contributed by atoms with Crippen LogP contribution in [-0.4, -0.2) is 41.0 Å². The Labute approximate surface area is 146 Å². The normalized spacial score (nSPS) is 15.0. The van der Waals surface area contributed by atoms with Crippen molar-refractivity contribution < 1.29 is 24.6 Å². The van der Waals surface area contributed by atoms with E-state index in [-0.39, 0.29) is 18.2 Å². The van der Waals surface area contributed by atoms with Gasteiger partial charge in [0.2, 0.25) is 11.8 Å². The molecule has 1 fully saturated rings. The summed E-state index contributed by atoms with van der Waals surface area (Å²) in [4.78, 5) is 30.5. The van der Waals surface area contributed by atoms with Gasteiger partial charge in [-0.05, 0) is 25.7 Å². The number of aldehydes is 1. The van der Waals surface area contributed by atoms with Crippen LogP contribution in [0.2, 0.25) is 0 Å². The lowest BCUT2D eigenvalue weighted by Crippen LogP contribution is -2.27. The van der Waals surface area contributed by atoms with Gasteiger partial charge < -0.3 is 15.0 Å². The van der Waals surface area contributed by atoms with Crippen LogP contribution >= 0.6 is 0 Å². The van der Waals surface area contributed by atoms with Crippen LogP contribution in [0.1, 0.15) is 72.6 Å². The number of rotatable bonds is 7. The molecule has 0 spiro atoms. The lowest BCUT2D eigenvalue weighted by atomic mass is 9.91. The molecule has 0 aromatic rings. The highest BCUT2D eigenvalue weighted by molar-refractivity contribution is 6.01. The Kier molecular flexibility index (Phi) is 22.2. The van der Waals surface area contributed by atoms with Gasteiger partial charge in [-0.2, -0.15) is 0 Å². The van der Waals surface area contributed by atoms with E-state index in [1.807, 2.05) is 20.8 Å². The number of nitrogens with one attached hydrogen (secondary N) is 1. The molecular formula is C18H35NO5. The first-order valence-electron chi connectivity index (χ1n) is 8.55. The lowest BCUT2D eigenvalue weighted by molar-refractivity contribution is -0.124. The Bertz CT molecular complexity index is 341. The highest BCUT2D eigenvalue weighted by atomic mass is 16.3. The van der Waals surface area contributed by atoms with Crippen molar-refractivity contribution in [3.63, 3.8) is 0 Å². The summed E-state index contributed by atoms with van der Waals surface area (Å²) in [6.07, 6.45) is 9.14. The Hall–Kier alpha value is -1.53. The number of carbonyl (C=O) groups is 3. The molecule has 0 radical (unpaired) electrons. The van der Waals surface area contributed by atoms with Crippen LogP contribution in [0.4, 0.5) is 0 Å². The molecule has 2 amide bonds. The van der Waals surface area contributed by atoms with Crippen molar-refractivity contribution in [2.24, 2.45) is 0 Å². The van der Waals surface area contributed by atoms with Gasteiger partial charge in [0.25, 0.3) is 0 Å². The summed E-state index contributed by atoms with van der Waals surface area (Å²) < 4.78 is 0. The van der Waals surface area contributed by atoms with Crippen molar-refractivity contribution in [1.82, 2.24) is 5.32 Å². The minimum Gasteiger partial charge on any atom is -0.400 e. The van der Waals surface area contributed by atoms with E-state index >= 15 is 0 Å². The zero-order valence-corrected chi connectivity index (χ0v) is 15.8. The molecule has 0 aromatic carbocycles. The summed E-state index contributed by atoms with van der Waals surface area (Å²) in [6, 6.07) is 0. The number of carbonyl (C=O) groups excluding carboxylic acids is 3. The molecule has 1 aliphatic heterocycles. The maximum atomic E-state index is 10.3. The third kappa shape index (κ3) is 16.8. The fraction of sp³-hybridized carbons (Fsp3) is 0.722. The first-order chi connectivity index (χ1) is 11.5. The second kappa shape index (κ2) is 19.5. The number of hydrogen-bond donors (Lipinski definition) is 3. The Balaban J connectivity index is -0.000000335. The topological polar surface area (TPSA) is 104 Å². The number of amides is 2. The van der Waals surface area contributed by atoms with Gasteiger partial charge >= 0.3 is 0 Å². The van der Waals surface area contributed by atoms with Crippen LogP contribution < -0.4 is 5.32 Å². The van der Waals surface area contributed by atoms with Crippen molar-refractivity contribution in [1.29, 1.82) is 0 Å². The molecule has 142 valence electrons. The third-order valence-corrected chi connectivity index (χ3v) is 3.16. The summed E-state index contributed by atoms with van der Waals surface area (Å²) in [7, 11) is 1.00. The van der Waals surface area contributed by atoms with Gasteiger partial charge in [-0.3, -0.25) is 14.9 Å². The second-order valence-electron chi connectivity index (χ2n) is 4.84. The molecule has 24 heavy (non-hydrogen) atoms. The summed E-state index contributed by atoms with van der Waals surface area (Å²) >= 11 is 0. The predicted molar refractivity (Wildman–Crippen MR) is 96.5 cm³/mol. The molecule has 1 rings (SSSR count). The fourth-order valence-corrected chi connectivity index (χ4v) is 1.72. The maximum absolute atomic E-state index is 10.3. The molecule has 0 aromatic heterocycles. The van der Waals surface area contributed by atoms with E-state index in [0.29, 0.717) is 25.7 Å². The molecule has 1 heterocycles. The van der Waals surface area contributed by atoms with Crippen molar-refractivity contribution in [3.8, 4) is 0 Å². The highest BCUT2D eigenvalue weighted by Gasteiger charge is 2.22. The van der Waals surface area contributed by atoms with Crippen LogP contribution in [0, 0.1) is 0 Å². The molecule has 1 atom stereocenters. The summed E-state index contributed by atoms with van der Waals surface area (Å²) in [5.41, 5.74) is -0.778. The number of imide groups is 1. The van der Waals surface area contributed by atoms with Gasteiger partial charge in [-0.25, -0.2) is 0 Å². The van der Waals surface area contributed by atoms with Crippen LogP contribution in [-0.2, 0) is 14.4 Å². The van der Waals surface area contributed by atoms with Gasteiger partial charge in [0.05, 0.1) is 5.60 Å². The van der Waals surface area contributed by atoms with Crippen molar-refractivity contribution >= 4 is 18.1 Å². The monoisotopic (exact) mass is 345 g/mol. The molecule has 1 unspecified atom stereocenters. The number of aliphatic hydroxyl groups excluding tert-OH is 1. The quantitative estimate of drug-likeness (QED) is 0.374. The zero-order valence-electron chi connectivity index (χ0n) is 15.8. The smallest absolute Gasteiger partial charge is 0.227 e. The van der Waals surface area contributed by atoms with Crippen LogP contribution in [0.15, 0.2) is 12.2 Å². The first kappa shape index (κ1) is 27.3. The maximum Gasteiger partial charge on any atom is 0.227 e. The molecule has 0 bridgehead atoms. The number of allylic oxidation sites excluding steroid dienone is 2. The van der Waals surface area contributed by atoms with Gasteiger partial charge in [0, 0.05) is 26.4 Å². The molecule has 3 N–H and O–H groups in total. The third-order valence-electron chi connectivity index (χ3n) is 3.16. The molecule has 0 aliphatic carbocycles. The minimum atomic E-state index is -0.778. The average molecular weight is 345 g/mol. The number of hydrogen-bond acceptors (Lipinski definition) is 5. The highest BCUT2D eigenvalue weighted by Crippen LogP contribution is 2.20. The van der Waals surface area contributed by atoms with E-state index < -0.39 is 5.60 Å². The van der Waals surface area contributed by atoms with Crippen molar-refractivity contribution in [2.75, 3.05) is 7.11 Å². The van der Waals surface area contributed by atoms with Crippen molar-refractivity contribution in [2.45, 2.75) is 78.2 Å². The zero-order chi connectivity index (χ0) is 19.4. The van der Waals surface area contributed by atoms with E-state index in [2.05, 4.69) is 24.4 Å². The second-order valence-corrected chi connectivity index (χ2v) is 4.84. The number of aliphatic hydroxyl groups is 2. The molecule has 1 aliphatic rings. The van der Waals surface area contributed by atoms with Crippen molar-refractivity contribution in [3.05, 3.63) is 12.2 Å². The lowest BCUT2D eigenvalue weighted by Gasteiger charge is -2.23. The van der Waals surface area contributed by atoms with Gasteiger partial charge in [-0.15, -0.1) is 0 Å². The molecule has 6 nitrogen and oxygen atoms in total. The molecular weight excluding hydrogens is 310 g/mol. The first-order valence-corrected chi connectivity index (χ1v) is 8.55. The Morgan fingerprint density at radius 1 is 1.08 bits per heavy atom. The van der Waals surface area contributed by atoms with Gasteiger partial charge in [-0.1, -0.05) is 39.8 Å².